The van der Waals surface area contributed by atoms with Gasteiger partial charge in [-0.2, -0.15) is 0 Å². The second-order valence-electron chi connectivity index (χ2n) is 3.03. The average molecular weight is 257 g/mol. The molecule has 0 aromatic carbocycles. The lowest BCUT2D eigenvalue weighted by molar-refractivity contribution is -0.105. The van der Waals surface area contributed by atoms with Gasteiger partial charge in [-0.05, 0) is 24.2 Å². The third kappa shape index (κ3) is 3.22. The minimum atomic E-state index is -1.06. The molecule has 0 spiro atoms. The van der Waals surface area contributed by atoms with Gasteiger partial charge in [0.2, 0.25) is 6.41 Å². The van der Waals surface area contributed by atoms with E-state index in [-0.39, 0.29) is 5.25 Å². The van der Waals surface area contributed by atoms with E-state index >= 15 is 0 Å². The number of nitrogens with zero attached hydrogens (tertiary/aromatic N) is 2. The molecule has 2 unspecified atom stereocenters. The Labute approximate surface area is 102 Å². The van der Waals surface area contributed by atoms with Gasteiger partial charge in [-0.1, -0.05) is 12.2 Å². The number of rotatable bonds is 5. The molecule has 1 heterocycles. The van der Waals surface area contributed by atoms with E-state index in [1.165, 1.54) is 6.20 Å². The van der Waals surface area contributed by atoms with Crippen LogP contribution in [0.3, 0.4) is 0 Å². The number of carbonyl (C=O) groups excluding carboxylic acids is 1. The Balaban J connectivity index is 2.91. The fourth-order valence-corrected chi connectivity index (χ4v) is 1.86. The van der Waals surface area contributed by atoms with E-state index in [9.17, 15) is 9.35 Å². The van der Waals surface area contributed by atoms with Crippen LogP contribution in [0.25, 0.3) is 0 Å². The molecule has 0 aliphatic heterocycles. The number of amides is 1. The summed E-state index contributed by atoms with van der Waals surface area (Å²) in [7, 11) is 0. The van der Waals surface area contributed by atoms with Crippen LogP contribution in [0.15, 0.2) is 12.3 Å². The van der Waals surface area contributed by atoms with Crippen LogP contribution in [-0.4, -0.2) is 37.3 Å². The van der Waals surface area contributed by atoms with Crippen molar-refractivity contribution in [2.24, 2.45) is 0 Å². The summed E-state index contributed by atoms with van der Waals surface area (Å²) in [4.78, 5) is 18.7. The van der Waals surface area contributed by atoms with Crippen LogP contribution in [0.5, 0.6) is 0 Å². The number of hydrogen-bond acceptors (Lipinski definition) is 5. The average Bonchev–Trinajstić information content (AvgIpc) is 2.28. The van der Waals surface area contributed by atoms with Crippen LogP contribution < -0.4 is 5.32 Å². The first kappa shape index (κ1) is 13.0. The second-order valence-corrected chi connectivity index (χ2v) is 5.18. The van der Waals surface area contributed by atoms with E-state index in [0.29, 0.717) is 22.9 Å². The normalized spacial score (nSPS) is 13.9. The molecule has 86 valence electrons. The Morgan fingerprint density at radius 3 is 3.00 bits per heavy atom. The van der Waals surface area contributed by atoms with Crippen LogP contribution in [-0.2, 0) is 16.0 Å². The summed E-state index contributed by atoms with van der Waals surface area (Å²) in [6, 6.07) is 1.55. The van der Waals surface area contributed by atoms with Crippen molar-refractivity contribution < 1.29 is 9.35 Å². The molecule has 1 rings (SSSR count). The van der Waals surface area contributed by atoms with Crippen molar-refractivity contribution >= 4 is 40.5 Å². The number of carbonyl (C=O) groups is 1. The molecule has 0 bridgehead atoms. The molecule has 1 amide bonds. The molecular weight excluding hydrogens is 246 g/mol. The Kier molecular flexibility index (Phi) is 4.78. The van der Waals surface area contributed by atoms with Crippen molar-refractivity contribution in [3.05, 3.63) is 18.1 Å². The van der Waals surface area contributed by atoms with Gasteiger partial charge in [-0.3, -0.25) is 4.79 Å². The van der Waals surface area contributed by atoms with Gasteiger partial charge in [0.05, 0.1) is 6.26 Å². The van der Waals surface area contributed by atoms with E-state index in [2.05, 4.69) is 15.3 Å². The predicted octanol–water partition coefficient (Wildman–Crippen LogP) is 0.530. The molecule has 0 aliphatic rings. The number of nitrogens with one attached hydrogen (secondary N) is 1. The lowest BCUT2D eigenvalue weighted by Crippen LogP contribution is -2.27. The number of hydrogen-bond donors (Lipinski definition) is 1. The summed E-state index contributed by atoms with van der Waals surface area (Å²) >= 11 is 4.07. The fraction of sp³-hybridized carbons (Fsp3) is 0.333. The third-order valence-corrected chi connectivity index (χ3v) is 3.87. The van der Waals surface area contributed by atoms with Crippen LogP contribution >= 0.6 is 12.2 Å². The maximum absolute atomic E-state index is 11.3. The lowest BCUT2D eigenvalue weighted by atomic mass is 10.3. The minimum absolute atomic E-state index is 0.290. The maximum atomic E-state index is 11.3. The third-order valence-electron chi connectivity index (χ3n) is 1.95. The van der Waals surface area contributed by atoms with Crippen molar-refractivity contribution in [1.82, 2.24) is 9.97 Å². The molecule has 5 nitrogen and oxygen atoms in total. The molecule has 0 saturated heterocycles. The van der Waals surface area contributed by atoms with Gasteiger partial charge in [-0.25, -0.2) is 9.97 Å². The smallest absolute Gasteiger partial charge is 0.212 e. The molecule has 1 aromatic rings. The topological polar surface area (TPSA) is 77.9 Å². The molecule has 2 atom stereocenters. The first-order valence-corrected chi connectivity index (χ1v) is 6.49. The summed E-state index contributed by atoms with van der Waals surface area (Å²) in [6.45, 7) is 1.75. The summed E-state index contributed by atoms with van der Waals surface area (Å²) in [5, 5.41) is 2.11. The highest BCUT2D eigenvalue weighted by Gasteiger charge is 2.21. The summed E-state index contributed by atoms with van der Waals surface area (Å²) < 4.78 is 11.3. The Morgan fingerprint density at radius 1 is 1.75 bits per heavy atom. The van der Waals surface area contributed by atoms with Crippen molar-refractivity contribution in [2.45, 2.75) is 12.2 Å². The molecule has 1 N–H and O–H groups in total. The second kappa shape index (κ2) is 5.88. The zero-order valence-corrected chi connectivity index (χ0v) is 10.5. The Hall–Kier alpha value is -1.05. The quantitative estimate of drug-likeness (QED) is 0.360. The zero-order chi connectivity index (χ0) is 12.1. The highest BCUT2D eigenvalue weighted by Crippen LogP contribution is 2.09. The molecule has 0 radical (unpaired) electrons. The Morgan fingerprint density at radius 2 is 2.44 bits per heavy atom. The summed E-state index contributed by atoms with van der Waals surface area (Å²) in [5.74, 6) is 0.695. The number of aromatic nitrogens is 2. The minimum Gasteiger partial charge on any atom is -0.616 e. The van der Waals surface area contributed by atoms with Gasteiger partial charge >= 0.3 is 0 Å². The summed E-state index contributed by atoms with van der Waals surface area (Å²) in [6.07, 6.45) is 3.59. The van der Waals surface area contributed by atoms with Gasteiger partial charge in [0.25, 0.3) is 0 Å². The number of anilines is 1. The molecular formula is C9H11N3O2S2. The van der Waals surface area contributed by atoms with Crippen LogP contribution in [0.4, 0.5) is 5.82 Å². The van der Waals surface area contributed by atoms with Gasteiger partial charge < -0.3 is 9.87 Å². The van der Waals surface area contributed by atoms with E-state index < -0.39 is 11.2 Å². The molecule has 16 heavy (non-hydrogen) atoms. The van der Waals surface area contributed by atoms with Crippen molar-refractivity contribution in [3.63, 3.8) is 0 Å². The molecule has 1 aromatic heterocycles. The van der Waals surface area contributed by atoms with Crippen molar-refractivity contribution in [1.29, 1.82) is 0 Å². The SMILES string of the molecule is CC(C(=S)c1nccc(NC=O)n1)[S+](C)[O-]. The lowest BCUT2D eigenvalue weighted by Gasteiger charge is -2.14. The zero-order valence-electron chi connectivity index (χ0n) is 8.84. The van der Waals surface area contributed by atoms with Crippen LogP contribution in [0.1, 0.15) is 12.7 Å². The first-order valence-electron chi connectivity index (χ1n) is 4.46. The highest BCUT2D eigenvalue weighted by atomic mass is 32.2. The van der Waals surface area contributed by atoms with Crippen molar-refractivity contribution in [3.8, 4) is 0 Å². The number of thiocarbonyl (C=S) groups is 1. The van der Waals surface area contributed by atoms with Crippen LogP contribution in [0.2, 0.25) is 0 Å². The van der Waals surface area contributed by atoms with E-state index in [1.54, 1.807) is 19.2 Å². The Bertz CT molecular complexity index is 398. The fourth-order valence-electron chi connectivity index (χ4n) is 0.951. The first-order chi connectivity index (χ1) is 7.56. The standard InChI is InChI=1S/C9H11N3O2S2/c1-6(16(2)14)8(15)9-10-4-3-7(12-9)11-5-13/h3-6H,1-2H3,(H,10,11,12,13). The molecule has 0 fully saturated rings. The highest BCUT2D eigenvalue weighted by molar-refractivity contribution is 7.94. The predicted molar refractivity (Wildman–Crippen MR) is 66.9 cm³/mol. The van der Waals surface area contributed by atoms with Crippen molar-refractivity contribution in [2.75, 3.05) is 11.6 Å². The van der Waals surface area contributed by atoms with Gasteiger partial charge in [0.15, 0.2) is 11.1 Å². The summed E-state index contributed by atoms with van der Waals surface area (Å²) in [5.41, 5.74) is 0. The molecule has 0 aliphatic carbocycles. The molecule has 7 heteroatoms. The van der Waals surface area contributed by atoms with Gasteiger partial charge in [0.1, 0.15) is 10.7 Å². The van der Waals surface area contributed by atoms with Gasteiger partial charge in [-0.15, -0.1) is 0 Å². The monoisotopic (exact) mass is 257 g/mol. The molecule has 0 saturated carbocycles. The largest absolute Gasteiger partial charge is 0.616 e. The van der Waals surface area contributed by atoms with E-state index in [0.717, 1.165) is 0 Å². The maximum Gasteiger partial charge on any atom is 0.212 e. The van der Waals surface area contributed by atoms with Crippen LogP contribution in [0, 0.1) is 0 Å². The van der Waals surface area contributed by atoms with E-state index in [1.807, 2.05) is 0 Å². The van der Waals surface area contributed by atoms with Gasteiger partial charge in [0, 0.05) is 6.20 Å². The van der Waals surface area contributed by atoms with E-state index in [4.69, 9.17) is 12.2 Å².